The SMILES string of the molecule is CCC(N)C(c1ccc(Cl)cc1)N1CCCS(=O)(=O)CC1. The van der Waals surface area contributed by atoms with E-state index in [-0.39, 0.29) is 23.6 Å². The molecule has 1 heterocycles. The maximum atomic E-state index is 11.8. The lowest BCUT2D eigenvalue weighted by Crippen LogP contribution is -2.42. The minimum Gasteiger partial charge on any atom is -0.326 e. The summed E-state index contributed by atoms with van der Waals surface area (Å²) in [7, 11) is -2.91. The second-order valence-corrected chi connectivity index (χ2v) is 8.35. The number of nitrogens with two attached hydrogens (primary N) is 1. The van der Waals surface area contributed by atoms with E-state index in [9.17, 15) is 8.42 Å². The predicted octanol–water partition coefficient (Wildman–Crippen LogP) is 2.24. The summed E-state index contributed by atoms with van der Waals surface area (Å²) in [5.41, 5.74) is 7.42. The normalized spacial score (nSPS) is 22.4. The zero-order valence-electron chi connectivity index (χ0n) is 12.3. The van der Waals surface area contributed by atoms with Gasteiger partial charge in [-0.3, -0.25) is 4.90 Å². The number of benzene rings is 1. The molecule has 1 aliphatic rings. The van der Waals surface area contributed by atoms with Gasteiger partial charge < -0.3 is 5.73 Å². The van der Waals surface area contributed by atoms with Crippen LogP contribution in [0, 0.1) is 0 Å². The topological polar surface area (TPSA) is 63.4 Å². The van der Waals surface area contributed by atoms with Crippen molar-refractivity contribution in [2.24, 2.45) is 5.73 Å². The summed E-state index contributed by atoms with van der Waals surface area (Å²) in [6.45, 7) is 3.37. The van der Waals surface area contributed by atoms with E-state index in [4.69, 9.17) is 17.3 Å². The Kier molecular flexibility index (Phi) is 5.66. The standard InChI is InChI=1S/C15H23ClN2O2S/c1-2-14(17)15(12-4-6-13(16)7-5-12)18-8-3-10-21(19,20)11-9-18/h4-7,14-15H,2-3,8-11,17H2,1H3. The number of nitrogens with zero attached hydrogens (tertiary/aromatic N) is 1. The van der Waals surface area contributed by atoms with Gasteiger partial charge >= 0.3 is 0 Å². The highest BCUT2D eigenvalue weighted by molar-refractivity contribution is 7.91. The molecule has 0 saturated carbocycles. The third-order valence-electron chi connectivity index (χ3n) is 4.07. The molecule has 118 valence electrons. The Labute approximate surface area is 132 Å². The first-order valence-corrected chi connectivity index (χ1v) is 9.58. The van der Waals surface area contributed by atoms with Crippen LogP contribution in [0.2, 0.25) is 5.02 Å². The van der Waals surface area contributed by atoms with E-state index in [2.05, 4.69) is 11.8 Å². The summed E-state index contributed by atoms with van der Waals surface area (Å²) in [4.78, 5) is 2.21. The lowest BCUT2D eigenvalue weighted by molar-refractivity contribution is 0.182. The van der Waals surface area contributed by atoms with Gasteiger partial charge in [0.25, 0.3) is 0 Å². The van der Waals surface area contributed by atoms with Gasteiger partial charge in [-0.05, 0) is 37.1 Å². The van der Waals surface area contributed by atoms with Crippen LogP contribution in [-0.2, 0) is 9.84 Å². The summed E-state index contributed by atoms with van der Waals surface area (Å²) >= 11 is 5.95. The Morgan fingerprint density at radius 2 is 1.90 bits per heavy atom. The van der Waals surface area contributed by atoms with E-state index in [0.717, 1.165) is 18.5 Å². The lowest BCUT2D eigenvalue weighted by Gasteiger charge is -2.34. The van der Waals surface area contributed by atoms with Crippen LogP contribution in [-0.4, -0.2) is 44.0 Å². The molecule has 1 aromatic carbocycles. The van der Waals surface area contributed by atoms with Gasteiger partial charge in [-0.25, -0.2) is 8.42 Å². The third-order valence-corrected chi connectivity index (χ3v) is 6.04. The van der Waals surface area contributed by atoms with Crippen molar-refractivity contribution in [1.82, 2.24) is 4.90 Å². The summed E-state index contributed by atoms with van der Waals surface area (Å²) in [5.74, 6) is 0.492. The van der Waals surface area contributed by atoms with Gasteiger partial charge in [0.2, 0.25) is 0 Å². The number of rotatable bonds is 4. The van der Waals surface area contributed by atoms with Crippen LogP contribution in [0.4, 0.5) is 0 Å². The highest BCUT2D eigenvalue weighted by Gasteiger charge is 2.29. The molecule has 2 atom stereocenters. The average molecular weight is 331 g/mol. The highest BCUT2D eigenvalue weighted by atomic mass is 35.5. The van der Waals surface area contributed by atoms with E-state index in [1.54, 1.807) is 0 Å². The smallest absolute Gasteiger partial charge is 0.151 e. The van der Waals surface area contributed by atoms with Gasteiger partial charge in [0, 0.05) is 23.7 Å². The lowest BCUT2D eigenvalue weighted by atomic mass is 9.96. The van der Waals surface area contributed by atoms with E-state index in [1.165, 1.54) is 0 Å². The Bertz CT molecular complexity index is 560. The summed E-state index contributed by atoms with van der Waals surface area (Å²) < 4.78 is 23.6. The molecule has 1 aromatic rings. The second kappa shape index (κ2) is 7.09. The zero-order valence-corrected chi connectivity index (χ0v) is 13.9. The van der Waals surface area contributed by atoms with E-state index in [1.807, 2.05) is 24.3 Å². The minimum absolute atomic E-state index is 0.0213. The van der Waals surface area contributed by atoms with Gasteiger partial charge in [0.05, 0.1) is 11.5 Å². The molecule has 4 nitrogen and oxygen atoms in total. The fourth-order valence-corrected chi connectivity index (χ4v) is 4.26. The van der Waals surface area contributed by atoms with Crippen molar-refractivity contribution in [3.8, 4) is 0 Å². The van der Waals surface area contributed by atoms with Crippen molar-refractivity contribution < 1.29 is 8.42 Å². The molecule has 0 amide bonds. The maximum Gasteiger partial charge on any atom is 0.151 e. The van der Waals surface area contributed by atoms with Crippen molar-refractivity contribution in [1.29, 1.82) is 0 Å². The van der Waals surface area contributed by atoms with Gasteiger partial charge in [0.1, 0.15) is 0 Å². The van der Waals surface area contributed by atoms with Crippen molar-refractivity contribution in [3.05, 3.63) is 34.9 Å². The fraction of sp³-hybridized carbons (Fsp3) is 0.600. The van der Waals surface area contributed by atoms with Crippen molar-refractivity contribution >= 4 is 21.4 Å². The summed E-state index contributed by atoms with van der Waals surface area (Å²) in [6, 6.07) is 7.72. The number of halogens is 1. The van der Waals surface area contributed by atoms with E-state index >= 15 is 0 Å². The highest BCUT2D eigenvalue weighted by Crippen LogP contribution is 2.27. The quantitative estimate of drug-likeness (QED) is 0.919. The molecule has 21 heavy (non-hydrogen) atoms. The molecule has 0 bridgehead atoms. The van der Waals surface area contributed by atoms with Crippen LogP contribution in [0.5, 0.6) is 0 Å². The van der Waals surface area contributed by atoms with Gasteiger partial charge in [-0.1, -0.05) is 30.7 Å². The molecule has 2 unspecified atom stereocenters. The molecular weight excluding hydrogens is 308 g/mol. The summed E-state index contributed by atoms with van der Waals surface area (Å²) in [6.07, 6.45) is 1.51. The van der Waals surface area contributed by atoms with Crippen LogP contribution in [0.3, 0.4) is 0 Å². The average Bonchev–Trinajstić information content (AvgIpc) is 2.62. The number of hydrogen-bond acceptors (Lipinski definition) is 4. The molecule has 1 fully saturated rings. The van der Waals surface area contributed by atoms with Crippen LogP contribution in [0.25, 0.3) is 0 Å². The number of hydrogen-bond donors (Lipinski definition) is 1. The van der Waals surface area contributed by atoms with Crippen molar-refractivity contribution in [3.63, 3.8) is 0 Å². The first-order chi connectivity index (χ1) is 9.93. The van der Waals surface area contributed by atoms with Crippen molar-refractivity contribution in [2.45, 2.75) is 31.8 Å². The van der Waals surface area contributed by atoms with Crippen LogP contribution in [0.15, 0.2) is 24.3 Å². The molecule has 6 heteroatoms. The maximum absolute atomic E-state index is 11.8. The van der Waals surface area contributed by atoms with Crippen LogP contribution < -0.4 is 5.73 Å². The molecule has 0 spiro atoms. The second-order valence-electron chi connectivity index (χ2n) is 5.61. The van der Waals surface area contributed by atoms with Crippen LogP contribution >= 0.6 is 11.6 Å². The van der Waals surface area contributed by atoms with Crippen molar-refractivity contribution in [2.75, 3.05) is 24.6 Å². The molecule has 2 rings (SSSR count). The molecule has 0 aromatic heterocycles. The molecule has 1 saturated heterocycles. The third kappa shape index (κ3) is 4.42. The van der Waals surface area contributed by atoms with E-state index in [0.29, 0.717) is 18.0 Å². The Balaban J connectivity index is 2.25. The van der Waals surface area contributed by atoms with E-state index < -0.39 is 9.84 Å². The van der Waals surface area contributed by atoms with Gasteiger partial charge in [-0.15, -0.1) is 0 Å². The first kappa shape index (κ1) is 16.7. The fourth-order valence-electron chi connectivity index (χ4n) is 2.85. The molecular formula is C15H23ClN2O2S. The molecule has 0 aliphatic carbocycles. The predicted molar refractivity (Wildman–Crippen MR) is 87.3 cm³/mol. The zero-order chi connectivity index (χ0) is 15.5. The van der Waals surface area contributed by atoms with Gasteiger partial charge in [0.15, 0.2) is 9.84 Å². The Morgan fingerprint density at radius 1 is 1.24 bits per heavy atom. The van der Waals surface area contributed by atoms with Crippen LogP contribution in [0.1, 0.15) is 31.4 Å². The number of sulfone groups is 1. The Hall–Kier alpha value is -0.620. The molecule has 1 aliphatic heterocycles. The largest absolute Gasteiger partial charge is 0.326 e. The van der Waals surface area contributed by atoms with Gasteiger partial charge in [-0.2, -0.15) is 0 Å². The monoisotopic (exact) mass is 330 g/mol. The Morgan fingerprint density at radius 3 is 2.52 bits per heavy atom. The molecule has 2 N–H and O–H groups in total. The minimum atomic E-state index is -2.91. The first-order valence-electron chi connectivity index (χ1n) is 7.38. The molecule has 0 radical (unpaired) electrons. The summed E-state index contributed by atoms with van der Waals surface area (Å²) in [5, 5.41) is 0.695.